The number of carbonyl (C=O) groups is 1. The van der Waals surface area contributed by atoms with Gasteiger partial charge < -0.3 is 0 Å². The minimum absolute atomic E-state index is 0.220. The average Bonchev–Trinajstić information content (AvgIpc) is 2.23. The van der Waals surface area contributed by atoms with Gasteiger partial charge in [-0.3, -0.25) is 4.79 Å². The second kappa shape index (κ2) is 5.16. The Morgan fingerprint density at radius 3 is 2.73 bits per heavy atom. The first kappa shape index (κ1) is 12.0. The summed E-state index contributed by atoms with van der Waals surface area (Å²) in [4.78, 5) is 11.8. The van der Waals surface area contributed by atoms with Crippen LogP contribution in [-0.2, 0) is 0 Å². The molecule has 0 aliphatic rings. The molecule has 1 aromatic carbocycles. The highest BCUT2D eigenvalue weighted by Gasteiger charge is 2.20. The Bertz CT molecular complexity index is 423. The maximum Gasteiger partial charge on any atom is 0.181 e. The summed E-state index contributed by atoms with van der Waals surface area (Å²) in [6, 6.07) is 6.77. The molecular formula is C11H9Cl2NO. The minimum atomic E-state index is -0.652. The molecule has 0 heterocycles. The molecule has 2 nitrogen and oxygen atoms in total. The van der Waals surface area contributed by atoms with E-state index < -0.39 is 5.92 Å². The van der Waals surface area contributed by atoms with Gasteiger partial charge in [-0.05, 0) is 18.6 Å². The van der Waals surface area contributed by atoms with E-state index >= 15 is 0 Å². The van der Waals surface area contributed by atoms with Gasteiger partial charge in [0, 0.05) is 5.56 Å². The average molecular weight is 242 g/mol. The smallest absolute Gasteiger partial charge is 0.181 e. The second-order valence-electron chi connectivity index (χ2n) is 3.06. The van der Waals surface area contributed by atoms with Crippen LogP contribution in [-0.4, -0.2) is 5.78 Å². The van der Waals surface area contributed by atoms with Crippen molar-refractivity contribution < 1.29 is 4.79 Å². The molecule has 0 bridgehead atoms. The fourth-order valence-electron chi connectivity index (χ4n) is 1.22. The molecule has 0 spiro atoms. The molecule has 0 fully saturated rings. The molecule has 0 aliphatic heterocycles. The fourth-order valence-corrected chi connectivity index (χ4v) is 1.61. The zero-order valence-electron chi connectivity index (χ0n) is 8.13. The molecule has 0 N–H and O–H groups in total. The highest BCUT2D eigenvalue weighted by molar-refractivity contribution is 6.44. The maximum atomic E-state index is 11.8. The number of rotatable bonds is 3. The Labute approximate surface area is 98.4 Å². The minimum Gasteiger partial charge on any atom is -0.293 e. The number of hydrogen-bond donors (Lipinski definition) is 0. The summed E-state index contributed by atoms with van der Waals surface area (Å²) in [5.41, 5.74) is 0.317. The third-order valence-corrected chi connectivity index (χ3v) is 2.92. The highest BCUT2D eigenvalue weighted by Crippen LogP contribution is 2.27. The van der Waals surface area contributed by atoms with Crippen molar-refractivity contribution in [1.82, 2.24) is 0 Å². The van der Waals surface area contributed by atoms with Crippen LogP contribution in [0.4, 0.5) is 0 Å². The van der Waals surface area contributed by atoms with Gasteiger partial charge in [-0.15, -0.1) is 0 Å². The lowest BCUT2D eigenvalue weighted by Crippen LogP contribution is -2.12. The molecule has 0 saturated heterocycles. The number of halogens is 2. The lowest BCUT2D eigenvalue weighted by molar-refractivity contribution is 0.0947. The second-order valence-corrected chi connectivity index (χ2v) is 3.84. The Hall–Kier alpha value is -1.04. The van der Waals surface area contributed by atoms with Crippen molar-refractivity contribution in [2.45, 2.75) is 13.3 Å². The first-order valence-electron chi connectivity index (χ1n) is 4.49. The van der Waals surface area contributed by atoms with E-state index in [1.807, 2.05) is 6.07 Å². The monoisotopic (exact) mass is 241 g/mol. The van der Waals surface area contributed by atoms with Crippen molar-refractivity contribution in [3.8, 4) is 6.07 Å². The number of Topliss-reactive ketones (excluding diaryl/α,β-unsaturated/α-hetero) is 1. The van der Waals surface area contributed by atoms with Gasteiger partial charge in [0.25, 0.3) is 0 Å². The predicted octanol–water partition coefficient (Wildman–Crippen LogP) is 3.73. The van der Waals surface area contributed by atoms with Crippen LogP contribution in [0.5, 0.6) is 0 Å². The number of carbonyl (C=O) groups excluding carboxylic acids is 1. The summed E-state index contributed by atoms with van der Waals surface area (Å²) in [5.74, 6) is -0.923. The Morgan fingerprint density at radius 2 is 2.20 bits per heavy atom. The standard InChI is InChI=1S/C11H9Cl2NO/c1-2-7(6-14)11(15)8-4-3-5-9(12)10(8)13/h3-5,7H,2H2,1H3. The number of nitriles is 1. The lowest BCUT2D eigenvalue weighted by Gasteiger charge is -2.07. The molecule has 1 unspecified atom stereocenters. The lowest BCUT2D eigenvalue weighted by atomic mass is 9.97. The van der Waals surface area contributed by atoms with Gasteiger partial charge in [0.1, 0.15) is 5.92 Å². The van der Waals surface area contributed by atoms with Gasteiger partial charge in [-0.2, -0.15) is 5.26 Å². The van der Waals surface area contributed by atoms with Crippen molar-refractivity contribution in [2.24, 2.45) is 5.92 Å². The number of ketones is 1. The molecule has 78 valence electrons. The Kier molecular flexibility index (Phi) is 4.14. The van der Waals surface area contributed by atoms with Crippen molar-refractivity contribution in [3.05, 3.63) is 33.8 Å². The number of nitrogens with zero attached hydrogens (tertiary/aromatic N) is 1. The van der Waals surface area contributed by atoms with Crippen LogP contribution in [0.1, 0.15) is 23.7 Å². The summed E-state index contributed by atoms with van der Waals surface area (Å²) in [5, 5.41) is 9.32. The van der Waals surface area contributed by atoms with Crippen molar-refractivity contribution >= 4 is 29.0 Å². The first-order chi connectivity index (χ1) is 7.11. The van der Waals surface area contributed by atoms with Crippen LogP contribution in [0.25, 0.3) is 0 Å². The van der Waals surface area contributed by atoms with Gasteiger partial charge in [-0.25, -0.2) is 0 Å². The molecule has 0 radical (unpaired) electrons. The van der Waals surface area contributed by atoms with E-state index in [2.05, 4.69) is 0 Å². The van der Waals surface area contributed by atoms with Crippen molar-refractivity contribution in [3.63, 3.8) is 0 Å². The van der Waals surface area contributed by atoms with Crippen molar-refractivity contribution in [1.29, 1.82) is 5.26 Å². The number of hydrogen-bond acceptors (Lipinski definition) is 2. The fraction of sp³-hybridized carbons (Fsp3) is 0.273. The zero-order valence-corrected chi connectivity index (χ0v) is 9.64. The maximum absolute atomic E-state index is 11.8. The van der Waals surface area contributed by atoms with Crippen LogP contribution in [0.15, 0.2) is 18.2 Å². The summed E-state index contributed by atoms with van der Waals surface area (Å²) in [7, 11) is 0. The van der Waals surface area contributed by atoms with E-state index in [4.69, 9.17) is 28.5 Å². The van der Waals surface area contributed by atoms with Gasteiger partial charge in [0.05, 0.1) is 16.1 Å². The van der Waals surface area contributed by atoms with E-state index in [-0.39, 0.29) is 10.8 Å². The van der Waals surface area contributed by atoms with Crippen LogP contribution in [0.2, 0.25) is 10.0 Å². The third kappa shape index (κ3) is 2.50. The van der Waals surface area contributed by atoms with E-state index in [1.54, 1.807) is 25.1 Å². The number of benzene rings is 1. The molecule has 1 aromatic rings. The quantitative estimate of drug-likeness (QED) is 0.757. The Balaban J connectivity index is 3.13. The molecule has 0 amide bonds. The normalized spacial score (nSPS) is 11.9. The van der Waals surface area contributed by atoms with E-state index in [0.29, 0.717) is 17.0 Å². The van der Waals surface area contributed by atoms with Crippen LogP contribution in [0.3, 0.4) is 0 Å². The molecule has 0 saturated carbocycles. The highest BCUT2D eigenvalue weighted by atomic mass is 35.5. The van der Waals surface area contributed by atoms with Crippen LogP contribution in [0, 0.1) is 17.2 Å². The summed E-state index contributed by atoms with van der Waals surface area (Å²) in [6.07, 6.45) is 0.470. The van der Waals surface area contributed by atoms with Gasteiger partial charge >= 0.3 is 0 Å². The first-order valence-corrected chi connectivity index (χ1v) is 5.25. The van der Waals surface area contributed by atoms with Crippen molar-refractivity contribution in [2.75, 3.05) is 0 Å². The predicted molar refractivity (Wildman–Crippen MR) is 60.2 cm³/mol. The van der Waals surface area contributed by atoms with Gasteiger partial charge in [0.2, 0.25) is 0 Å². The van der Waals surface area contributed by atoms with Gasteiger partial charge in [-0.1, -0.05) is 36.2 Å². The molecule has 1 atom stereocenters. The van der Waals surface area contributed by atoms with E-state index in [9.17, 15) is 4.79 Å². The summed E-state index contributed by atoms with van der Waals surface area (Å²) >= 11 is 11.7. The molecule has 4 heteroatoms. The molecule has 0 aliphatic carbocycles. The molecule has 1 rings (SSSR count). The van der Waals surface area contributed by atoms with Crippen LogP contribution < -0.4 is 0 Å². The molecule has 15 heavy (non-hydrogen) atoms. The SMILES string of the molecule is CCC(C#N)C(=O)c1cccc(Cl)c1Cl. The van der Waals surface area contributed by atoms with Gasteiger partial charge in [0.15, 0.2) is 5.78 Å². The largest absolute Gasteiger partial charge is 0.293 e. The summed E-state index contributed by atoms with van der Waals surface area (Å²) < 4.78 is 0. The van der Waals surface area contributed by atoms with Crippen LogP contribution >= 0.6 is 23.2 Å². The Morgan fingerprint density at radius 1 is 1.53 bits per heavy atom. The zero-order chi connectivity index (χ0) is 11.4. The summed E-state index contributed by atoms with van der Waals surface area (Å²) in [6.45, 7) is 1.78. The molecule has 0 aromatic heterocycles. The molecular weight excluding hydrogens is 233 g/mol. The topological polar surface area (TPSA) is 40.9 Å². The van der Waals surface area contributed by atoms with E-state index in [0.717, 1.165) is 0 Å². The van der Waals surface area contributed by atoms with E-state index in [1.165, 1.54) is 0 Å². The third-order valence-electron chi connectivity index (χ3n) is 2.10.